The Labute approximate surface area is 117 Å². The van der Waals surface area contributed by atoms with Crippen molar-refractivity contribution >= 4 is 17.7 Å². The number of carbonyl (C=O) groups is 1. The summed E-state index contributed by atoms with van der Waals surface area (Å²) < 4.78 is 41.9. The van der Waals surface area contributed by atoms with E-state index in [4.69, 9.17) is 11.0 Å². The first-order valence-electron chi connectivity index (χ1n) is 5.39. The van der Waals surface area contributed by atoms with E-state index >= 15 is 0 Å². The average molecular weight is 304 g/mol. The van der Waals surface area contributed by atoms with Crippen LogP contribution >= 0.6 is 11.8 Å². The van der Waals surface area contributed by atoms with Gasteiger partial charge in [-0.2, -0.15) is 18.4 Å². The second-order valence-electron chi connectivity index (χ2n) is 3.73. The summed E-state index contributed by atoms with van der Waals surface area (Å²) in [6.07, 6.45) is -0.312. The summed E-state index contributed by atoms with van der Waals surface area (Å²) in [5.41, 5.74) is 1.51. The van der Waals surface area contributed by atoms with Gasteiger partial charge in [-0.3, -0.25) is 4.79 Å². The topological polar surface area (TPSA) is 76.1 Å². The van der Waals surface area contributed by atoms with Gasteiger partial charge in [0.05, 0.1) is 25.2 Å². The summed E-state index contributed by atoms with van der Waals surface area (Å²) in [6, 6.07) is 4.22. The number of alkyl halides is 3. The number of ether oxygens (including phenoxy) is 1. The first-order valence-corrected chi connectivity index (χ1v) is 6.21. The van der Waals surface area contributed by atoms with Crippen LogP contribution < -0.4 is 5.73 Å². The van der Waals surface area contributed by atoms with Crippen LogP contribution in [0.4, 0.5) is 13.2 Å². The summed E-state index contributed by atoms with van der Waals surface area (Å²) >= 11 is -0.371. The van der Waals surface area contributed by atoms with Crippen molar-refractivity contribution in [1.29, 1.82) is 5.26 Å². The van der Waals surface area contributed by atoms with Crippen LogP contribution in [-0.4, -0.2) is 18.6 Å². The smallest absolute Gasteiger partial charge is 0.446 e. The van der Waals surface area contributed by atoms with Crippen LogP contribution in [0.1, 0.15) is 16.7 Å². The van der Waals surface area contributed by atoms with Crippen LogP contribution in [0.25, 0.3) is 0 Å². The van der Waals surface area contributed by atoms with E-state index in [2.05, 4.69) is 4.74 Å². The Balaban J connectivity index is 3.29. The Morgan fingerprint density at radius 1 is 1.45 bits per heavy atom. The van der Waals surface area contributed by atoms with Crippen molar-refractivity contribution < 1.29 is 22.7 Å². The molecule has 0 bridgehead atoms. The van der Waals surface area contributed by atoms with Gasteiger partial charge in [-0.05, 0) is 29.0 Å². The fourth-order valence-electron chi connectivity index (χ4n) is 1.53. The molecule has 8 heteroatoms. The quantitative estimate of drug-likeness (QED) is 0.682. The second kappa shape index (κ2) is 6.63. The maximum atomic E-state index is 12.5. The summed E-state index contributed by atoms with van der Waals surface area (Å²) in [4.78, 5) is 11.0. The molecule has 0 aliphatic carbocycles. The molecular formula is C12H11F3N2O2S. The lowest BCUT2D eigenvalue weighted by Crippen LogP contribution is -2.10. The SMILES string of the molecule is COC(=O)Cc1cc(CN)c(C#N)cc1SC(F)(F)F. The Bertz CT molecular complexity index is 553. The molecule has 4 nitrogen and oxygen atoms in total. The zero-order chi connectivity index (χ0) is 15.3. The van der Waals surface area contributed by atoms with E-state index in [9.17, 15) is 18.0 Å². The largest absolute Gasteiger partial charge is 0.469 e. The van der Waals surface area contributed by atoms with E-state index in [0.29, 0.717) is 5.56 Å². The third kappa shape index (κ3) is 4.43. The molecule has 0 unspecified atom stereocenters. The number of nitrogens with two attached hydrogens (primary N) is 1. The Hall–Kier alpha value is -1.72. The lowest BCUT2D eigenvalue weighted by molar-refractivity contribution is -0.139. The van der Waals surface area contributed by atoms with Gasteiger partial charge in [0, 0.05) is 11.4 Å². The standard InChI is InChI=1S/C12H11F3N2O2S/c1-19-11(18)4-7-2-8(5-16)9(6-17)3-10(7)20-12(13,14)15/h2-3H,4-5,16H2,1H3. The van der Waals surface area contributed by atoms with E-state index in [1.807, 2.05) is 0 Å². The molecule has 0 saturated carbocycles. The van der Waals surface area contributed by atoms with Crippen LogP contribution in [0.5, 0.6) is 0 Å². The van der Waals surface area contributed by atoms with Gasteiger partial charge >= 0.3 is 11.5 Å². The molecule has 1 aromatic rings. The zero-order valence-electron chi connectivity index (χ0n) is 10.5. The molecule has 0 radical (unpaired) electrons. The summed E-state index contributed by atoms with van der Waals surface area (Å²) in [7, 11) is 1.15. The van der Waals surface area contributed by atoms with Crippen molar-refractivity contribution in [3.63, 3.8) is 0 Å². The first kappa shape index (κ1) is 16.3. The van der Waals surface area contributed by atoms with Gasteiger partial charge in [-0.15, -0.1) is 0 Å². The number of hydrogen-bond acceptors (Lipinski definition) is 5. The maximum Gasteiger partial charge on any atom is 0.446 e. The molecule has 0 fully saturated rings. The van der Waals surface area contributed by atoms with Gasteiger partial charge in [0.25, 0.3) is 0 Å². The minimum Gasteiger partial charge on any atom is -0.469 e. The Morgan fingerprint density at radius 2 is 2.10 bits per heavy atom. The minimum absolute atomic E-state index is 0.00592. The fraction of sp³-hybridized carbons (Fsp3) is 0.333. The number of nitriles is 1. The number of carbonyl (C=O) groups excluding carboxylic acids is 1. The molecule has 0 aromatic heterocycles. The van der Waals surface area contributed by atoms with Gasteiger partial charge < -0.3 is 10.5 Å². The summed E-state index contributed by atoms with van der Waals surface area (Å²) in [5.74, 6) is -0.665. The summed E-state index contributed by atoms with van der Waals surface area (Å²) in [6.45, 7) is -0.00592. The number of nitrogens with zero attached hydrogens (tertiary/aromatic N) is 1. The molecule has 20 heavy (non-hydrogen) atoms. The Morgan fingerprint density at radius 3 is 2.55 bits per heavy atom. The predicted molar refractivity (Wildman–Crippen MR) is 66.7 cm³/mol. The highest BCUT2D eigenvalue weighted by molar-refractivity contribution is 8.00. The van der Waals surface area contributed by atoms with Crippen LogP contribution in [0.2, 0.25) is 0 Å². The first-order chi connectivity index (χ1) is 9.30. The Kier molecular flexibility index (Phi) is 5.42. The van der Waals surface area contributed by atoms with Crippen molar-refractivity contribution in [2.24, 2.45) is 5.73 Å². The lowest BCUT2D eigenvalue weighted by atomic mass is 10.0. The number of thioether (sulfide) groups is 1. The van der Waals surface area contributed by atoms with Gasteiger partial charge in [-0.25, -0.2) is 0 Å². The molecule has 0 atom stereocenters. The lowest BCUT2D eigenvalue weighted by Gasteiger charge is -2.13. The fourth-order valence-corrected chi connectivity index (χ4v) is 2.22. The van der Waals surface area contributed by atoms with Crippen molar-refractivity contribution in [3.8, 4) is 6.07 Å². The van der Waals surface area contributed by atoms with Gasteiger partial charge in [-0.1, -0.05) is 6.07 Å². The van der Waals surface area contributed by atoms with Crippen LogP contribution in [0, 0.1) is 11.3 Å². The molecule has 0 heterocycles. The third-order valence-electron chi connectivity index (χ3n) is 2.41. The van der Waals surface area contributed by atoms with Crippen molar-refractivity contribution in [2.45, 2.75) is 23.4 Å². The molecule has 0 amide bonds. The molecule has 1 rings (SSSR count). The van der Waals surface area contributed by atoms with E-state index in [1.165, 1.54) is 6.07 Å². The van der Waals surface area contributed by atoms with Crippen LogP contribution in [0.15, 0.2) is 17.0 Å². The molecule has 0 saturated heterocycles. The highest BCUT2D eigenvalue weighted by atomic mass is 32.2. The maximum absolute atomic E-state index is 12.5. The number of hydrogen-bond donors (Lipinski definition) is 1. The normalized spacial score (nSPS) is 11.0. The number of benzene rings is 1. The third-order valence-corrected chi connectivity index (χ3v) is 3.25. The average Bonchev–Trinajstić information content (AvgIpc) is 2.38. The highest BCUT2D eigenvalue weighted by Crippen LogP contribution is 2.39. The van der Waals surface area contributed by atoms with Gasteiger partial charge in [0.2, 0.25) is 0 Å². The molecule has 0 spiro atoms. The molecule has 1 aromatic carbocycles. The summed E-state index contributed by atoms with van der Waals surface area (Å²) in [5, 5.41) is 8.90. The molecule has 0 aliphatic heterocycles. The van der Waals surface area contributed by atoms with Crippen molar-refractivity contribution in [1.82, 2.24) is 0 Å². The van der Waals surface area contributed by atoms with Crippen molar-refractivity contribution in [3.05, 3.63) is 28.8 Å². The zero-order valence-corrected chi connectivity index (χ0v) is 11.3. The molecule has 108 valence electrons. The van der Waals surface area contributed by atoms with Gasteiger partial charge in [0.1, 0.15) is 0 Å². The number of halogens is 3. The predicted octanol–water partition coefficient (Wildman–Crippen LogP) is 2.34. The number of esters is 1. The molecule has 0 aliphatic rings. The number of rotatable bonds is 4. The molecule has 2 N–H and O–H groups in total. The van der Waals surface area contributed by atoms with E-state index in [0.717, 1.165) is 13.2 Å². The van der Waals surface area contributed by atoms with E-state index in [-0.39, 0.29) is 40.7 Å². The van der Waals surface area contributed by atoms with Crippen LogP contribution in [0.3, 0.4) is 0 Å². The van der Waals surface area contributed by atoms with Crippen LogP contribution in [-0.2, 0) is 22.5 Å². The van der Waals surface area contributed by atoms with E-state index in [1.54, 1.807) is 6.07 Å². The minimum atomic E-state index is -4.51. The number of methoxy groups -OCH3 is 1. The van der Waals surface area contributed by atoms with E-state index < -0.39 is 11.5 Å². The van der Waals surface area contributed by atoms with Gasteiger partial charge in [0.15, 0.2) is 0 Å². The highest BCUT2D eigenvalue weighted by Gasteiger charge is 2.31. The van der Waals surface area contributed by atoms with Crippen molar-refractivity contribution in [2.75, 3.05) is 7.11 Å². The monoisotopic (exact) mass is 304 g/mol. The second-order valence-corrected chi connectivity index (χ2v) is 4.84. The molecular weight excluding hydrogens is 293 g/mol.